The van der Waals surface area contributed by atoms with Crippen LogP contribution < -0.4 is 5.73 Å². The minimum absolute atomic E-state index is 0.0632. The smallest absolute Gasteiger partial charge is 0.410 e. The number of ether oxygens (including phenoxy) is 1. The molecule has 0 saturated carbocycles. The van der Waals surface area contributed by atoms with Crippen molar-refractivity contribution in [2.75, 3.05) is 7.05 Å². The van der Waals surface area contributed by atoms with Crippen molar-refractivity contribution in [2.24, 2.45) is 11.7 Å². The van der Waals surface area contributed by atoms with Gasteiger partial charge in [0.1, 0.15) is 12.6 Å². The second-order valence-corrected chi connectivity index (χ2v) is 4.74. The number of amides is 2. The maximum atomic E-state index is 11.9. The number of benzene rings is 1. The number of rotatable bonds is 5. The zero-order valence-corrected chi connectivity index (χ0v) is 11.5. The van der Waals surface area contributed by atoms with E-state index in [0.29, 0.717) is 0 Å². The Kier molecular flexibility index (Phi) is 5.36. The van der Waals surface area contributed by atoms with Crippen LogP contribution in [0.25, 0.3) is 0 Å². The van der Waals surface area contributed by atoms with Gasteiger partial charge in [-0.15, -0.1) is 0 Å². The van der Waals surface area contributed by atoms with E-state index in [-0.39, 0.29) is 12.5 Å². The Labute approximate surface area is 113 Å². The highest BCUT2D eigenvalue weighted by molar-refractivity contribution is 5.84. The van der Waals surface area contributed by atoms with Gasteiger partial charge >= 0.3 is 6.09 Å². The third-order valence-corrected chi connectivity index (χ3v) is 2.83. The summed E-state index contributed by atoms with van der Waals surface area (Å²) in [6.45, 7) is 3.83. The molecule has 2 amide bonds. The molecule has 0 saturated heterocycles. The van der Waals surface area contributed by atoms with Gasteiger partial charge in [-0.3, -0.25) is 9.69 Å². The summed E-state index contributed by atoms with van der Waals surface area (Å²) in [5.74, 6) is -0.596. The van der Waals surface area contributed by atoms with Crippen molar-refractivity contribution in [3.05, 3.63) is 35.9 Å². The summed E-state index contributed by atoms with van der Waals surface area (Å²) in [7, 11) is 1.52. The van der Waals surface area contributed by atoms with E-state index >= 15 is 0 Å². The van der Waals surface area contributed by atoms with Crippen LogP contribution in [0.4, 0.5) is 4.79 Å². The highest BCUT2D eigenvalue weighted by atomic mass is 16.6. The van der Waals surface area contributed by atoms with Crippen LogP contribution >= 0.6 is 0 Å². The first kappa shape index (κ1) is 15.0. The Morgan fingerprint density at radius 1 is 1.26 bits per heavy atom. The van der Waals surface area contributed by atoms with Crippen LogP contribution in [0.15, 0.2) is 30.3 Å². The minimum Gasteiger partial charge on any atom is -0.445 e. The summed E-state index contributed by atoms with van der Waals surface area (Å²) in [5, 5.41) is 0. The van der Waals surface area contributed by atoms with Crippen molar-refractivity contribution in [1.29, 1.82) is 0 Å². The van der Waals surface area contributed by atoms with Gasteiger partial charge in [0.2, 0.25) is 5.91 Å². The number of carbonyl (C=O) groups is 2. The first-order valence-corrected chi connectivity index (χ1v) is 6.16. The van der Waals surface area contributed by atoms with Gasteiger partial charge < -0.3 is 10.5 Å². The first-order valence-electron chi connectivity index (χ1n) is 6.16. The molecule has 104 valence electrons. The Hall–Kier alpha value is -2.04. The predicted octanol–water partition coefficient (Wildman–Crippen LogP) is 1.76. The molecule has 19 heavy (non-hydrogen) atoms. The molecular weight excluding hydrogens is 244 g/mol. The van der Waals surface area contributed by atoms with Crippen LogP contribution in [0.2, 0.25) is 0 Å². The monoisotopic (exact) mass is 264 g/mol. The molecule has 0 aliphatic heterocycles. The molecular formula is C14H20N2O3. The lowest BCUT2D eigenvalue weighted by atomic mass is 10.0. The summed E-state index contributed by atoms with van der Waals surface area (Å²) >= 11 is 0. The standard InChI is InChI=1S/C14H20N2O3/c1-10(2)12(13(15)17)16(3)14(18)19-9-11-7-5-4-6-8-11/h4-8,10,12H,9H2,1-3H3,(H2,15,17). The molecule has 5 nitrogen and oxygen atoms in total. The summed E-state index contributed by atoms with van der Waals surface area (Å²) in [6.07, 6.45) is -0.554. The number of nitrogens with two attached hydrogens (primary N) is 1. The van der Waals surface area contributed by atoms with Gasteiger partial charge in [-0.05, 0) is 11.5 Å². The van der Waals surface area contributed by atoms with Crippen LogP contribution in [-0.4, -0.2) is 30.0 Å². The van der Waals surface area contributed by atoms with Crippen molar-refractivity contribution >= 4 is 12.0 Å². The largest absolute Gasteiger partial charge is 0.445 e. The fraction of sp³-hybridized carbons (Fsp3) is 0.429. The highest BCUT2D eigenvalue weighted by Gasteiger charge is 2.28. The molecule has 0 heterocycles. The molecule has 1 aromatic carbocycles. The molecule has 1 unspecified atom stereocenters. The van der Waals surface area contributed by atoms with Crippen LogP contribution in [-0.2, 0) is 16.1 Å². The zero-order valence-electron chi connectivity index (χ0n) is 11.5. The fourth-order valence-corrected chi connectivity index (χ4v) is 1.90. The van der Waals surface area contributed by atoms with E-state index in [9.17, 15) is 9.59 Å². The van der Waals surface area contributed by atoms with Gasteiger partial charge in [0, 0.05) is 7.05 Å². The van der Waals surface area contributed by atoms with E-state index in [1.807, 2.05) is 44.2 Å². The molecule has 0 bridgehead atoms. The molecule has 2 N–H and O–H groups in total. The van der Waals surface area contributed by atoms with Crippen molar-refractivity contribution < 1.29 is 14.3 Å². The molecule has 0 aliphatic carbocycles. The van der Waals surface area contributed by atoms with Crippen molar-refractivity contribution in [3.63, 3.8) is 0 Å². The van der Waals surface area contributed by atoms with Crippen LogP contribution in [0.1, 0.15) is 19.4 Å². The number of likely N-dealkylation sites (N-methyl/N-ethyl adjacent to an activating group) is 1. The van der Waals surface area contributed by atoms with E-state index in [4.69, 9.17) is 10.5 Å². The molecule has 0 aromatic heterocycles. The first-order chi connectivity index (χ1) is 8.93. The third kappa shape index (κ3) is 4.28. The van der Waals surface area contributed by atoms with Crippen LogP contribution in [0.3, 0.4) is 0 Å². The zero-order chi connectivity index (χ0) is 14.4. The van der Waals surface area contributed by atoms with E-state index in [1.54, 1.807) is 0 Å². The van der Waals surface area contributed by atoms with Crippen molar-refractivity contribution in [1.82, 2.24) is 4.90 Å². The molecule has 1 atom stereocenters. The van der Waals surface area contributed by atoms with Gasteiger partial charge in [0.15, 0.2) is 0 Å². The predicted molar refractivity (Wildman–Crippen MR) is 72.2 cm³/mol. The molecule has 1 rings (SSSR count). The molecule has 0 aliphatic rings. The van der Waals surface area contributed by atoms with Gasteiger partial charge in [-0.25, -0.2) is 4.79 Å². The number of carbonyl (C=O) groups excluding carboxylic acids is 2. The number of primary amides is 1. The van der Waals surface area contributed by atoms with Gasteiger partial charge in [-0.1, -0.05) is 44.2 Å². The molecule has 0 radical (unpaired) electrons. The number of nitrogens with zero attached hydrogens (tertiary/aromatic N) is 1. The Bertz CT molecular complexity index is 432. The Morgan fingerprint density at radius 3 is 2.32 bits per heavy atom. The van der Waals surface area contributed by atoms with Crippen molar-refractivity contribution in [2.45, 2.75) is 26.5 Å². The van der Waals surface area contributed by atoms with Crippen LogP contribution in [0, 0.1) is 5.92 Å². The number of hydrogen-bond donors (Lipinski definition) is 1. The quantitative estimate of drug-likeness (QED) is 0.880. The second-order valence-electron chi connectivity index (χ2n) is 4.74. The lowest BCUT2D eigenvalue weighted by Gasteiger charge is -2.27. The van der Waals surface area contributed by atoms with E-state index in [2.05, 4.69) is 0 Å². The summed E-state index contributed by atoms with van der Waals surface area (Å²) < 4.78 is 5.15. The average molecular weight is 264 g/mol. The van der Waals surface area contributed by atoms with Gasteiger partial charge in [-0.2, -0.15) is 0 Å². The molecule has 0 spiro atoms. The van der Waals surface area contributed by atoms with E-state index in [0.717, 1.165) is 5.56 Å². The maximum Gasteiger partial charge on any atom is 0.410 e. The lowest BCUT2D eigenvalue weighted by Crippen LogP contribution is -2.48. The molecule has 1 aromatic rings. The average Bonchev–Trinajstić information content (AvgIpc) is 2.36. The highest BCUT2D eigenvalue weighted by Crippen LogP contribution is 2.11. The summed E-state index contributed by atoms with van der Waals surface area (Å²) in [6, 6.07) is 8.69. The lowest BCUT2D eigenvalue weighted by molar-refractivity contribution is -0.123. The van der Waals surface area contributed by atoms with Gasteiger partial charge in [0.05, 0.1) is 0 Å². The molecule has 0 fully saturated rings. The van der Waals surface area contributed by atoms with Gasteiger partial charge in [0.25, 0.3) is 0 Å². The van der Waals surface area contributed by atoms with Crippen molar-refractivity contribution in [3.8, 4) is 0 Å². The number of hydrogen-bond acceptors (Lipinski definition) is 3. The summed E-state index contributed by atoms with van der Waals surface area (Å²) in [4.78, 5) is 24.4. The third-order valence-electron chi connectivity index (χ3n) is 2.83. The van der Waals surface area contributed by atoms with Crippen LogP contribution in [0.5, 0.6) is 0 Å². The maximum absolute atomic E-state index is 11.9. The fourth-order valence-electron chi connectivity index (χ4n) is 1.90. The van der Waals surface area contributed by atoms with E-state index in [1.165, 1.54) is 11.9 Å². The minimum atomic E-state index is -0.664. The topological polar surface area (TPSA) is 72.6 Å². The molecule has 5 heteroatoms. The second kappa shape index (κ2) is 6.78. The Balaban J connectivity index is 2.59. The normalized spacial score (nSPS) is 12.0. The van der Waals surface area contributed by atoms with E-state index < -0.39 is 18.0 Å². The SMILES string of the molecule is CC(C)C(C(N)=O)N(C)C(=O)OCc1ccccc1. The summed E-state index contributed by atoms with van der Waals surface area (Å²) in [5.41, 5.74) is 6.19. The Morgan fingerprint density at radius 2 is 1.84 bits per heavy atom.